The number of carbonyl (C=O) groups excluding carboxylic acids is 3. The Labute approximate surface area is 229 Å². The van der Waals surface area contributed by atoms with Gasteiger partial charge in [-0.25, -0.2) is 4.39 Å². The Hall–Kier alpha value is -3.34. The van der Waals surface area contributed by atoms with Crippen LogP contribution in [0, 0.1) is 5.82 Å². The van der Waals surface area contributed by atoms with Gasteiger partial charge in [-0.15, -0.1) is 0 Å². The molecule has 0 atom stereocenters. The van der Waals surface area contributed by atoms with Crippen LogP contribution in [0.2, 0.25) is 5.02 Å². The number of nitrogens with one attached hydrogen (secondary N) is 1. The molecule has 37 heavy (non-hydrogen) atoms. The van der Waals surface area contributed by atoms with Crippen LogP contribution in [-0.4, -0.2) is 35.6 Å². The second-order valence-electron chi connectivity index (χ2n) is 7.77. The van der Waals surface area contributed by atoms with Crippen molar-refractivity contribution in [3.05, 3.63) is 92.0 Å². The number of imide groups is 1. The van der Waals surface area contributed by atoms with Crippen molar-refractivity contribution in [2.45, 2.75) is 6.61 Å². The van der Waals surface area contributed by atoms with Crippen LogP contribution < -0.4 is 14.8 Å². The summed E-state index contributed by atoms with van der Waals surface area (Å²) in [7, 11) is 1.49. The molecule has 0 spiro atoms. The zero-order valence-corrected chi connectivity index (χ0v) is 22.5. The second-order valence-corrected chi connectivity index (χ2v) is 10.1. The molecule has 1 fully saturated rings. The molecular weight excluding hydrogens is 587 g/mol. The summed E-state index contributed by atoms with van der Waals surface area (Å²) < 4.78 is 25.3. The minimum Gasteiger partial charge on any atom is -0.493 e. The smallest absolute Gasteiger partial charge is 0.294 e. The van der Waals surface area contributed by atoms with Crippen LogP contribution >= 0.6 is 39.3 Å². The summed E-state index contributed by atoms with van der Waals surface area (Å²) in [5.74, 6) is -0.854. The van der Waals surface area contributed by atoms with Crippen molar-refractivity contribution in [2.24, 2.45) is 0 Å². The van der Waals surface area contributed by atoms with Crippen LogP contribution in [0.15, 0.2) is 70.0 Å². The molecule has 7 nitrogen and oxygen atoms in total. The lowest BCUT2D eigenvalue weighted by atomic mass is 10.1. The topological polar surface area (TPSA) is 84.9 Å². The minimum absolute atomic E-state index is 0.140. The highest BCUT2D eigenvalue weighted by atomic mass is 79.9. The van der Waals surface area contributed by atoms with E-state index >= 15 is 0 Å². The van der Waals surface area contributed by atoms with Gasteiger partial charge in [-0.2, -0.15) is 0 Å². The Kier molecular flexibility index (Phi) is 8.52. The largest absolute Gasteiger partial charge is 0.493 e. The number of hydrogen-bond donors (Lipinski definition) is 1. The van der Waals surface area contributed by atoms with Crippen LogP contribution in [0.1, 0.15) is 11.1 Å². The molecule has 3 aromatic carbocycles. The molecule has 3 amide bonds. The maximum Gasteiger partial charge on any atom is 0.294 e. The number of ether oxygens (including phenoxy) is 2. The molecule has 1 saturated heterocycles. The monoisotopic (exact) mass is 604 g/mol. The summed E-state index contributed by atoms with van der Waals surface area (Å²) >= 11 is 10.1. The van der Waals surface area contributed by atoms with Crippen LogP contribution in [0.3, 0.4) is 0 Å². The number of thioether (sulfide) groups is 1. The van der Waals surface area contributed by atoms with E-state index in [-0.39, 0.29) is 17.2 Å². The first kappa shape index (κ1) is 26.7. The molecule has 0 saturated carbocycles. The predicted octanol–water partition coefficient (Wildman–Crippen LogP) is 6.50. The minimum atomic E-state index is -0.626. The van der Waals surface area contributed by atoms with Gasteiger partial charge < -0.3 is 14.8 Å². The molecule has 1 N–H and O–H groups in total. The Morgan fingerprint density at radius 1 is 1.14 bits per heavy atom. The number of halogens is 3. The van der Waals surface area contributed by atoms with E-state index in [1.165, 1.54) is 31.4 Å². The van der Waals surface area contributed by atoms with E-state index < -0.39 is 29.4 Å². The first-order valence-corrected chi connectivity index (χ1v) is 12.8. The SMILES string of the molecule is COc1cc(/C=C2/SC(=O)N(CC(=O)Nc3cccc(F)c3)C2=O)c(Br)cc1OCc1ccc(Cl)cc1. The number of anilines is 1. The molecule has 3 aromatic rings. The molecule has 190 valence electrons. The van der Waals surface area contributed by atoms with Gasteiger partial charge in [-0.3, -0.25) is 19.3 Å². The van der Waals surface area contributed by atoms with Gasteiger partial charge in [0.1, 0.15) is 19.0 Å². The number of carbonyl (C=O) groups is 3. The normalized spacial score (nSPS) is 14.3. The van der Waals surface area contributed by atoms with E-state index in [0.717, 1.165) is 28.3 Å². The molecule has 1 heterocycles. The number of hydrogen-bond acceptors (Lipinski definition) is 6. The van der Waals surface area contributed by atoms with Crippen LogP contribution in [0.25, 0.3) is 6.08 Å². The highest BCUT2D eigenvalue weighted by Gasteiger charge is 2.36. The molecular formula is C26H19BrClFN2O5S. The fourth-order valence-electron chi connectivity index (χ4n) is 3.36. The van der Waals surface area contributed by atoms with Crippen molar-refractivity contribution in [2.75, 3.05) is 19.0 Å². The number of nitrogens with zero attached hydrogens (tertiary/aromatic N) is 1. The van der Waals surface area contributed by atoms with Crippen molar-refractivity contribution >= 4 is 68.1 Å². The molecule has 0 unspecified atom stereocenters. The Bertz CT molecular complexity index is 1400. The molecule has 11 heteroatoms. The lowest BCUT2D eigenvalue weighted by molar-refractivity contribution is -0.127. The molecule has 4 rings (SSSR count). The molecule has 0 bridgehead atoms. The van der Waals surface area contributed by atoms with E-state index in [0.29, 0.717) is 26.6 Å². The summed E-state index contributed by atoms with van der Waals surface area (Å²) in [4.78, 5) is 38.6. The Morgan fingerprint density at radius 3 is 2.59 bits per heavy atom. The van der Waals surface area contributed by atoms with Gasteiger partial charge in [0.25, 0.3) is 11.1 Å². The van der Waals surface area contributed by atoms with Gasteiger partial charge in [0.2, 0.25) is 5.91 Å². The number of benzene rings is 3. The second kappa shape index (κ2) is 11.8. The van der Waals surface area contributed by atoms with E-state index in [1.54, 1.807) is 24.3 Å². The fourth-order valence-corrected chi connectivity index (χ4v) is 4.76. The summed E-state index contributed by atoms with van der Waals surface area (Å²) in [6.45, 7) is -0.212. The lowest BCUT2D eigenvalue weighted by Crippen LogP contribution is -2.36. The third-order valence-corrected chi connectivity index (χ3v) is 7.01. The molecule has 0 aromatic heterocycles. The van der Waals surface area contributed by atoms with Crippen molar-refractivity contribution in [1.29, 1.82) is 0 Å². The Morgan fingerprint density at radius 2 is 1.89 bits per heavy atom. The summed E-state index contributed by atoms with van der Waals surface area (Å²) in [5.41, 5.74) is 1.72. The molecule has 1 aliphatic heterocycles. The van der Waals surface area contributed by atoms with E-state index in [1.807, 2.05) is 12.1 Å². The van der Waals surface area contributed by atoms with Gasteiger partial charge in [-0.05, 0) is 71.4 Å². The fraction of sp³-hybridized carbons (Fsp3) is 0.115. The Balaban J connectivity index is 1.47. The van der Waals surface area contributed by atoms with Crippen molar-refractivity contribution < 1.29 is 28.2 Å². The van der Waals surface area contributed by atoms with E-state index in [4.69, 9.17) is 21.1 Å². The molecule has 1 aliphatic rings. The van der Waals surface area contributed by atoms with Crippen molar-refractivity contribution in [3.8, 4) is 11.5 Å². The van der Waals surface area contributed by atoms with Gasteiger partial charge in [-0.1, -0.05) is 45.7 Å². The number of amides is 3. The maximum atomic E-state index is 13.3. The van der Waals surface area contributed by atoms with Crippen LogP contribution in [0.5, 0.6) is 11.5 Å². The van der Waals surface area contributed by atoms with Gasteiger partial charge in [0, 0.05) is 15.2 Å². The van der Waals surface area contributed by atoms with Gasteiger partial charge in [0.15, 0.2) is 11.5 Å². The predicted molar refractivity (Wildman–Crippen MR) is 144 cm³/mol. The standard InChI is InChI=1S/C26H19BrClFN2O5S/c1-35-21-9-16(20(27)12-22(21)36-14-15-5-7-17(28)8-6-15)10-23-25(33)31(26(34)37-23)13-24(32)30-19-4-2-3-18(29)11-19/h2-12H,13-14H2,1H3,(H,30,32)/b23-10+. The zero-order chi connectivity index (χ0) is 26.5. The molecule has 0 radical (unpaired) electrons. The number of rotatable bonds is 8. The third-order valence-electron chi connectivity index (χ3n) is 5.16. The third kappa shape index (κ3) is 6.71. The number of methoxy groups -OCH3 is 1. The average molecular weight is 606 g/mol. The average Bonchev–Trinajstić information content (AvgIpc) is 3.12. The highest BCUT2D eigenvalue weighted by molar-refractivity contribution is 9.10. The maximum absolute atomic E-state index is 13.3. The summed E-state index contributed by atoms with van der Waals surface area (Å²) in [5, 5.41) is 2.52. The van der Waals surface area contributed by atoms with Gasteiger partial charge >= 0.3 is 0 Å². The van der Waals surface area contributed by atoms with Crippen LogP contribution in [-0.2, 0) is 16.2 Å². The zero-order valence-electron chi connectivity index (χ0n) is 19.3. The summed E-state index contributed by atoms with van der Waals surface area (Å²) in [6.07, 6.45) is 1.53. The van der Waals surface area contributed by atoms with Crippen LogP contribution in [0.4, 0.5) is 14.9 Å². The van der Waals surface area contributed by atoms with E-state index in [9.17, 15) is 18.8 Å². The highest BCUT2D eigenvalue weighted by Crippen LogP contribution is 2.38. The first-order chi connectivity index (χ1) is 17.7. The van der Waals surface area contributed by atoms with Gasteiger partial charge in [0.05, 0.1) is 12.0 Å². The first-order valence-electron chi connectivity index (χ1n) is 10.8. The van der Waals surface area contributed by atoms with Crippen molar-refractivity contribution in [3.63, 3.8) is 0 Å². The van der Waals surface area contributed by atoms with E-state index in [2.05, 4.69) is 21.2 Å². The lowest BCUT2D eigenvalue weighted by Gasteiger charge is -2.13. The van der Waals surface area contributed by atoms with Crippen molar-refractivity contribution in [1.82, 2.24) is 4.90 Å². The quantitative estimate of drug-likeness (QED) is 0.295. The molecule has 0 aliphatic carbocycles. The summed E-state index contributed by atoms with van der Waals surface area (Å²) in [6, 6.07) is 15.9.